The van der Waals surface area contributed by atoms with Crippen molar-refractivity contribution in [3.63, 3.8) is 0 Å². The van der Waals surface area contributed by atoms with Crippen molar-refractivity contribution < 1.29 is 17.9 Å². The third kappa shape index (κ3) is 5.31. The molecule has 1 atom stereocenters. The summed E-state index contributed by atoms with van der Waals surface area (Å²) < 4.78 is 32.4. The zero-order valence-corrected chi connectivity index (χ0v) is 16.1. The fraction of sp³-hybridized carbons (Fsp3) is 0.316. The van der Waals surface area contributed by atoms with E-state index < -0.39 is 16.1 Å². The van der Waals surface area contributed by atoms with Crippen LogP contribution in [0.2, 0.25) is 0 Å². The summed E-state index contributed by atoms with van der Waals surface area (Å²) in [6, 6.07) is 13.3. The van der Waals surface area contributed by atoms with Crippen LogP contribution < -0.4 is 14.8 Å². The average molecular weight is 376 g/mol. The minimum absolute atomic E-state index is 0.147. The fourth-order valence-corrected chi connectivity index (χ4v) is 3.52. The predicted octanol–water partition coefficient (Wildman–Crippen LogP) is 3.09. The summed E-state index contributed by atoms with van der Waals surface area (Å²) in [5, 5.41) is 2.72. The maximum Gasteiger partial charge on any atom is 0.265 e. The second-order valence-electron chi connectivity index (χ2n) is 6.32. The Hall–Kier alpha value is -2.38. The molecule has 0 aliphatic rings. The number of hydrogen-bond acceptors (Lipinski definition) is 4. The maximum absolute atomic E-state index is 12.3. The first kappa shape index (κ1) is 19.9. The zero-order valence-electron chi connectivity index (χ0n) is 15.3. The van der Waals surface area contributed by atoms with E-state index >= 15 is 0 Å². The van der Waals surface area contributed by atoms with E-state index in [1.54, 1.807) is 39.0 Å². The lowest BCUT2D eigenvalue weighted by Crippen LogP contribution is -2.31. The Bertz CT molecular complexity index is 861. The van der Waals surface area contributed by atoms with E-state index in [0.717, 1.165) is 5.56 Å². The van der Waals surface area contributed by atoms with E-state index in [-0.39, 0.29) is 16.8 Å². The van der Waals surface area contributed by atoms with Gasteiger partial charge in [-0.15, -0.1) is 0 Å². The molecule has 2 rings (SSSR count). The van der Waals surface area contributed by atoms with Crippen LogP contribution in [-0.4, -0.2) is 26.5 Å². The SMILES string of the molecule is Cc1ccccc1OC(C)C(=O)Nc1ccc(S(=O)(=O)NC(C)C)cc1. The molecule has 0 spiro atoms. The highest BCUT2D eigenvalue weighted by Crippen LogP contribution is 2.19. The minimum atomic E-state index is -3.55. The summed E-state index contributed by atoms with van der Waals surface area (Å²) in [5.41, 5.74) is 1.44. The lowest BCUT2D eigenvalue weighted by molar-refractivity contribution is -0.122. The Labute approximate surface area is 154 Å². The van der Waals surface area contributed by atoms with Gasteiger partial charge in [-0.1, -0.05) is 18.2 Å². The molecule has 0 saturated heterocycles. The topological polar surface area (TPSA) is 84.5 Å². The van der Waals surface area contributed by atoms with Crippen molar-refractivity contribution in [1.29, 1.82) is 0 Å². The fourth-order valence-electron chi connectivity index (χ4n) is 2.27. The monoisotopic (exact) mass is 376 g/mol. The predicted molar refractivity (Wildman–Crippen MR) is 102 cm³/mol. The Morgan fingerprint density at radius 1 is 1.00 bits per heavy atom. The van der Waals surface area contributed by atoms with Crippen LogP contribution in [0.25, 0.3) is 0 Å². The van der Waals surface area contributed by atoms with Gasteiger partial charge < -0.3 is 10.1 Å². The molecule has 0 aromatic heterocycles. The van der Waals surface area contributed by atoms with Gasteiger partial charge in [0.25, 0.3) is 5.91 Å². The summed E-state index contributed by atoms with van der Waals surface area (Å²) in [7, 11) is -3.55. The lowest BCUT2D eigenvalue weighted by atomic mass is 10.2. The van der Waals surface area contributed by atoms with Gasteiger partial charge >= 0.3 is 0 Å². The van der Waals surface area contributed by atoms with Gasteiger partial charge in [0.1, 0.15) is 5.75 Å². The first-order valence-corrected chi connectivity index (χ1v) is 9.83. The molecular weight excluding hydrogens is 352 g/mol. The van der Waals surface area contributed by atoms with Crippen LogP contribution in [0.15, 0.2) is 53.4 Å². The second-order valence-corrected chi connectivity index (χ2v) is 8.03. The molecule has 1 amide bonds. The van der Waals surface area contributed by atoms with Gasteiger partial charge in [0.05, 0.1) is 4.90 Å². The molecular formula is C19H24N2O4S. The van der Waals surface area contributed by atoms with Gasteiger partial charge in [-0.05, 0) is 63.6 Å². The van der Waals surface area contributed by atoms with Crippen molar-refractivity contribution in [3.8, 4) is 5.75 Å². The highest BCUT2D eigenvalue weighted by atomic mass is 32.2. The molecule has 26 heavy (non-hydrogen) atoms. The number of anilines is 1. The molecule has 7 heteroatoms. The van der Waals surface area contributed by atoms with E-state index in [9.17, 15) is 13.2 Å². The van der Waals surface area contributed by atoms with E-state index in [4.69, 9.17) is 4.74 Å². The number of sulfonamides is 1. The lowest BCUT2D eigenvalue weighted by Gasteiger charge is -2.16. The van der Waals surface area contributed by atoms with E-state index in [1.165, 1.54) is 12.1 Å². The highest BCUT2D eigenvalue weighted by Gasteiger charge is 2.17. The highest BCUT2D eigenvalue weighted by molar-refractivity contribution is 7.89. The standard InChI is InChI=1S/C19H24N2O4S/c1-13(2)21-26(23,24)17-11-9-16(10-12-17)20-19(22)15(4)25-18-8-6-5-7-14(18)3/h5-13,15,21H,1-4H3,(H,20,22). The van der Waals surface area contributed by atoms with Crippen molar-refractivity contribution in [2.75, 3.05) is 5.32 Å². The molecule has 1 unspecified atom stereocenters. The quantitative estimate of drug-likeness (QED) is 0.778. The van der Waals surface area contributed by atoms with Crippen LogP contribution in [0.5, 0.6) is 5.75 Å². The molecule has 0 radical (unpaired) electrons. The molecule has 0 saturated carbocycles. The number of nitrogens with one attached hydrogen (secondary N) is 2. The number of carbonyl (C=O) groups excluding carboxylic acids is 1. The number of para-hydroxylation sites is 1. The van der Waals surface area contributed by atoms with Crippen molar-refractivity contribution >= 4 is 21.6 Å². The number of rotatable bonds is 7. The summed E-state index contributed by atoms with van der Waals surface area (Å²) in [6.45, 7) is 7.07. The van der Waals surface area contributed by atoms with Crippen LogP contribution in [0.3, 0.4) is 0 Å². The van der Waals surface area contributed by atoms with Crippen molar-refractivity contribution in [2.45, 2.75) is 44.7 Å². The number of benzene rings is 2. The molecule has 2 N–H and O–H groups in total. The molecule has 6 nitrogen and oxygen atoms in total. The summed E-state index contributed by atoms with van der Waals surface area (Å²) in [4.78, 5) is 12.4. The molecule has 0 aliphatic heterocycles. The molecule has 0 bridgehead atoms. The van der Waals surface area contributed by atoms with Gasteiger partial charge in [0.2, 0.25) is 10.0 Å². The van der Waals surface area contributed by atoms with Gasteiger partial charge in [-0.3, -0.25) is 4.79 Å². The normalized spacial score (nSPS) is 12.7. The van der Waals surface area contributed by atoms with Gasteiger partial charge in [0, 0.05) is 11.7 Å². The van der Waals surface area contributed by atoms with Gasteiger partial charge in [0.15, 0.2) is 6.10 Å². The molecule has 2 aromatic rings. The van der Waals surface area contributed by atoms with Crippen LogP contribution in [0.1, 0.15) is 26.3 Å². The van der Waals surface area contributed by atoms with Crippen LogP contribution in [0, 0.1) is 6.92 Å². The van der Waals surface area contributed by atoms with E-state index in [1.807, 2.05) is 25.1 Å². The van der Waals surface area contributed by atoms with Crippen molar-refractivity contribution in [1.82, 2.24) is 4.72 Å². The van der Waals surface area contributed by atoms with E-state index in [0.29, 0.717) is 11.4 Å². The van der Waals surface area contributed by atoms with Crippen LogP contribution >= 0.6 is 0 Å². The first-order chi connectivity index (χ1) is 12.2. The third-order valence-corrected chi connectivity index (χ3v) is 5.26. The van der Waals surface area contributed by atoms with Gasteiger partial charge in [-0.2, -0.15) is 0 Å². The average Bonchev–Trinajstić information content (AvgIpc) is 2.56. The number of ether oxygens (including phenoxy) is 1. The molecule has 2 aromatic carbocycles. The number of amides is 1. The molecule has 140 valence electrons. The zero-order chi connectivity index (χ0) is 19.3. The first-order valence-electron chi connectivity index (χ1n) is 8.34. The summed E-state index contributed by atoms with van der Waals surface area (Å²) in [6.07, 6.45) is -0.692. The minimum Gasteiger partial charge on any atom is -0.481 e. The van der Waals surface area contributed by atoms with Crippen LogP contribution in [0.4, 0.5) is 5.69 Å². The smallest absolute Gasteiger partial charge is 0.265 e. The Kier molecular flexibility index (Phi) is 6.39. The summed E-state index contributed by atoms with van der Waals surface area (Å²) in [5.74, 6) is 0.334. The number of hydrogen-bond donors (Lipinski definition) is 2. The largest absolute Gasteiger partial charge is 0.481 e. The van der Waals surface area contributed by atoms with Gasteiger partial charge in [-0.25, -0.2) is 13.1 Å². The van der Waals surface area contributed by atoms with E-state index in [2.05, 4.69) is 10.0 Å². The third-order valence-electron chi connectivity index (χ3n) is 3.59. The summed E-state index contributed by atoms with van der Waals surface area (Å²) >= 11 is 0. The molecule has 0 aliphatic carbocycles. The second kappa shape index (κ2) is 8.33. The Balaban J connectivity index is 2.02. The molecule has 0 fully saturated rings. The van der Waals surface area contributed by atoms with Crippen LogP contribution in [-0.2, 0) is 14.8 Å². The molecule has 0 heterocycles. The van der Waals surface area contributed by atoms with Crippen molar-refractivity contribution in [2.24, 2.45) is 0 Å². The Morgan fingerprint density at radius 3 is 2.19 bits per heavy atom. The number of aryl methyl sites for hydroxylation is 1. The number of carbonyl (C=O) groups is 1. The van der Waals surface area contributed by atoms with Crippen molar-refractivity contribution in [3.05, 3.63) is 54.1 Å². The maximum atomic E-state index is 12.3. The Morgan fingerprint density at radius 2 is 1.62 bits per heavy atom.